The van der Waals surface area contributed by atoms with Gasteiger partial charge in [-0.15, -0.1) is 0 Å². The van der Waals surface area contributed by atoms with Crippen LogP contribution in [0.2, 0.25) is 0 Å². The van der Waals surface area contributed by atoms with E-state index in [-0.39, 0.29) is 6.42 Å². The Morgan fingerprint density at radius 2 is 2.23 bits per heavy atom. The SMILES string of the molecule is CS(=O)c1ccc(CC=O)c(F)c1. The molecule has 0 aliphatic heterocycles. The highest BCUT2D eigenvalue weighted by atomic mass is 32.2. The highest BCUT2D eigenvalue weighted by Gasteiger charge is 2.04. The molecule has 1 aromatic rings. The van der Waals surface area contributed by atoms with E-state index in [0.717, 1.165) is 0 Å². The highest BCUT2D eigenvalue weighted by molar-refractivity contribution is 7.84. The van der Waals surface area contributed by atoms with Crippen LogP contribution < -0.4 is 0 Å². The Hall–Kier alpha value is -1.03. The quantitative estimate of drug-likeness (QED) is 0.689. The Bertz CT molecular complexity index is 349. The van der Waals surface area contributed by atoms with Gasteiger partial charge in [-0.2, -0.15) is 0 Å². The van der Waals surface area contributed by atoms with Crippen molar-refractivity contribution in [3.8, 4) is 0 Å². The minimum Gasteiger partial charge on any atom is -0.303 e. The summed E-state index contributed by atoms with van der Waals surface area (Å²) in [4.78, 5) is 10.6. The molecule has 0 heterocycles. The van der Waals surface area contributed by atoms with Crippen LogP contribution >= 0.6 is 0 Å². The van der Waals surface area contributed by atoms with E-state index in [4.69, 9.17) is 0 Å². The first-order valence-corrected chi connectivity index (χ1v) is 5.26. The van der Waals surface area contributed by atoms with Crippen molar-refractivity contribution in [1.29, 1.82) is 0 Å². The molecule has 0 aromatic heterocycles. The molecule has 0 saturated carbocycles. The third kappa shape index (κ3) is 2.45. The monoisotopic (exact) mass is 200 g/mol. The Balaban J connectivity index is 3.04. The molecule has 0 fully saturated rings. The smallest absolute Gasteiger partial charge is 0.128 e. The Morgan fingerprint density at radius 3 is 2.69 bits per heavy atom. The molecule has 0 spiro atoms. The molecule has 0 saturated heterocycles. The normalized spacial score (nSPS) is 12.5. The summed E-state index contributed by atoms with van der Waals surface area (Å²) in [6.45, 7) is 0. The van der Waals surface area contributed by atoms with Gasteiger partial charge in [0.25, 0.3) is 0 Å². The Kier molecular flexibility index (Phi) is 3.31. The van der Waals surface area contributed by atoms with Gasteiger partial charge in [-0.25, -0.2) is 4.39 Å². The standard InChI is InChI=1S/C9H9FO2S/c1-13(12)8-3-2-7(4-5-11)9(10)6-8/h2-3,5-6H,4H2,1H3. The van der Waals surface area contributed by atoms with E-state index >= 15 is 0 Å². The molecule has 2 nitrogen and oxygen atoms in total. The van der Waals surface area contributed by atoms with Crippen LogP contribution in [0.3, 0.4) is 0 Å². The number of aldehydes is 1. The molecule has 13 heavy (non-hydrogen) atoms. The molecule has 1 atom stereocenters. The largest absolute Gasteiger partial charge is 0.303 e. The maximum atomic E-state index is 13.1. The molecular weight excluding hydrogens is 191 g/mol. The molecule has 0 aliphatic carbocycles. The van der Waals surface area contributed by atoms with Crippen LogP contribution in [0.15, 0.2) is 23.1 Å². The summed E-state index contributed by atoms with van der Waals surface area (Å²) in [6, 6.07) is 4.26. The molecule has 4 heteroatoms. The second-order valence-electron chi connectivity index (χ2n) is 2.58. The predicted molar refractivity (Wildman–Crippen MR) is 48.5 cm³/mol. The first-order valence-electron chi connectivity index (χ1n) is 3.70. The fourth-order valence-corrected chi connectivity index (χ4v) is 1.49. The van der Waals surface area contributed by atoms with Crippen molar-refractivity contribution in [3.05, 3.63) is 29.6 Å². The minimum atomic E-state index is -1.18. The zero-order chi connectivity index (χ0) is 9.84. The number of hydrogen-bond acceptors (Lipinski definition) is 2. The molecule has 0 N–H and O–H groups in total. The van der Waals surface area contributed by atoms with Crippen molar-refractivity contribution in [2.75, 3.05) is 6.26 Å². The molecular formula is C9H9FO2S. The van der Waals surface area contributed by atoms with Crippen LogP contribution in [0.5, 0.6) is 0 Å². The molecule has 1 unspecified atom stereocenters. The minimum absolute atomic E-state index is 0.0580. The van der Waals surface area contributed by atoms with Gasteiger partial charge in [0.15, 0.2) is 0 Å². The predicted octanol–water partition coefficient (Wildman–Crippen LogP) is 1.30. The molecule has 0 aliphatic rings. The molecule has 1 rings (SSSR count). The fourth-order valence-electron chi connectivity index (χ4n) is 0.962. The number of benzene rings is 1. The van der Waals surface area contributed by atoms with Gasteiger partial charge in [0.05, 0.1) is 0 Å². The fraction of sp³-hybridized carbons (Fsp3) is 0.222. The van der Waals surface area contributed by atoms with E-state index in [1.807, 2.05) is 0 Å². The highest BCUT2D eigenvalue weighted by Crippen LogP contribution is 2.12. The summed E-state index contributed by atoms with van der Waals surface area (Å²) in [5, 5.41) is 0. The van der Waals surface area contributed by atoms with Crippen molar-refractivity contribution in [2.24, 2.45) is 0 Å². The van der Waals surface area contributed by atoms with Gasteiger partial charge < -0.3 is 4.79 Å². The maximum absolute atomic E-state index is 13.1. The van der Waals surface area contributed by atoms with Crippen molar-refractivity contribution in [2.45, 2.75) is 11.3 Å². The summed E-state index contributed by atoms with van der Waals surface area (Å²) >= 11 is 0. The number of carbonyl (C=O) groups excluding carboxylic acids is 1. The number of rotatable bonds is 3. The lowest BCUT2D eigenvalue weighted by atomic mass is 10.1. The third-order valence-electron chi connectivity index (χ3n) is 1.66. The first-order chi connectivity index (χ1) is 6.15. The average molecular weight is 200 g/mol. The van der Waals surface area contributed by atoms with E-state index in [2.05, 4.69) is 0 Å². The van der Waals surface area contributed by atoms with Crippen LogP contribution in [-0.2, 0) is 22.0 Å². The topological polar surface area (TPSA) is 34.1 Å². The van der Waals surface area contributed by atoms with Gasteiger partial charge in [-0.1, -0.05) is 6.07 Å². The van der Waals surface area contributed by atoms with Crippen LogP contribution in [0, 0.1) is 5.82 Å². The first kappa shape index (κ1) is 10.1. The average Bonchev–Trinajstić information content (AvgIpc) is 2.08. The molecule has 1 aromatic carbocycles. The van der Waals surface area contributed by atoms with Gasteiger partial charge >= 0.3 is 0 Å². The lowest BCUT2D eigenvalue weighted by Crippen LogP contribution is -1.95. The van der Waals surface area contributed by atoms with E-state index in [1.165, 1.54) is 18.4 Å². The van der Waals surface area contributed by atoms with Crippen molar-refractivity contribution >= 4 is 17.1 Å². The second-order valence-corrected chi connectivity index (χ2v) is 3.96. The Labute approximate surface area is 78.2 Å². The van der Waals surface area contributed by atoms with Crippen molar-refractivity contribution < 1.29 is 13.4 Å². The molecule has 0 amide bonds. The molecule has 0 bridgehead atoms. The summed E-state index contributed by atoms with van der Waals surface area (Å²) in [6.07, 6.45) is 2.18. The Morgan fingerprint density at radius 1 is 1.54 bits per heavy atom. The summed E-state index contributed by atoms with van der Waals surface area (Å²) < 4.78 is 24.0. The van der Waals surface area contributed by atoms with Crippen LogP contribution in [0.4, 0.5) is 4.39 Å². The summed E-state index contributed by atoms with van der Waals surface area (Å²) in [5.74, 6) is -0.472. The summed E-state index contributed by atoms with van der Waals surface area (Å²) in [5.41, 5.74) is 0.337. The van der Waals surface area contributed by atoms with Crippen LogP contribution in [0.25, 0.3) is 0 Å². The van der Waals surface area contributed by atoms with Crippen molar-refractivity contribution in [1.82, 2.24) is 0 Å². The van der Waals surface area contributed by atoms with E-state index in [1.54, 1.807) is 6.07 Å². The van der Waals surface area contributed by atoms with E-state index < -0.39 is 16.6 Å². The van der Waals surface area contributed by atoms with E-state index in [9.17, 15) is 13.4 Å². The van der Waals surface area contributed by atoms with Gasteiger partial charge in [-0.3, -0.25) is 4.21 Å². The lowest BCUT2D eigenvalue weighted by Gasteiger charge is -2.00. The molecule has 70 valence electrons. The number of hydrogen-bond donors (Lipinski definition) is 0. The second kappa shape index (κ2) is 4.28. The lowest BCUT2D eigenvalue weighted by molar-refractivity contribution is -0.107. The number of carbonyl (C=O) groups is 1. The number of halogens is 1. The summed E-state index contributed by atoms with van der Waals surface area (Å²) in [7, 11) is -1.18. The van der Waals surface area contributed by atoms with E-state index in [0.29, 0.717) is 16.7 Å². The van der Waals surface area contributed by atoms with Gasteiger partial charge in [0, 0.05) is 28.4 Å². The zero-order valence-electron chi connectivity index (χ0n) is 7.12. The van der Waals surface area contributed by atoms with Crippen molar-refractivity contribution in [3.63, 3.8) is 0 Å². The maximum Gasteiger partial charge on any atom is 0.128 e. The van der Waals surface area contributed by atoms with Crippen LogP contribution in [0.1, 0.15) is 5.56 Å². The van der Waals surface area contributed by atoms with Gasteiger partial charge in [-0.05, 0) is 17.7 Å². The third-order valence-corrected chi connectivity index (χ3v) is 2.58. The van der Waals surface area contributed by atoms with Gasteiger partial charge in [0.2, 0.25) is 0 Å². The van der Waals surface area contributed by atoms with Gasteiger partial charge in [0.1, 0.15) is 12.1 Å². The van der Waals surface area contributed by atoms with Crippen LogP contribution in [-0.4, -0.2) is 16.8 Å². The molecule has 0 radical (unpaired) electrons. The zero-order valence-corrected chi connectivity index (χ0v) is 7.94.